The quantitative estimate of drug-likeness (QED) is 0.0655. The lowest BCUT2D eigenvalue weighted by Crippen LogP contribution is -2.03. The van der Waals surface area contributed by atoms with Gasteiger partial charge < -0.3 is 20.4 Å². The average Bonchev–Trinajstić information content (AvgIpc) is 4.51. The lowest BCUT2D eigenvalue weighted by atomic mass is 9.84. The molecular weight excluding hydrogens is 1040 g/mol. The maximum Gasteiger partial charge on any atom is 0.335 e. The summed E-state index contributed by atoms with van der Waals surface area (Å²) < 4.78 is 6.57. The van der Waals surface area contributed by atoms with E-state index < -0.39 is 23.9 Å². The molecule has 0 bridgehead atoms. The van der Waals surface area contributed by atoms with Gasteiger partial charge in [0.25, 0.3) is 0 Å². The van der Waals surface area contributed by atoms with Gasteiger partial charge in [0.05, 0.1) is 92.6 Å². The Bertz CT molecular complexity index is 3830. The zero-order valence-electron chi connectivity index (χ0n) is 42.6. The summed E-state index contributed by atoms with van der Waals surface area (Å²) in [6.07, 6.45) is 6.57. The van der Waals surface area contributed by atoms with Crippen LogP contribution in [0.4, 0.5) is 0 Å². The van der Waals surface area contributed by atoms with Gasteiger partial charge >= 0.3 is 23.9 Å². The van der Waals surface area contributed by atoms with Gasteiger partial charge in [0.1, 0.15) is 0 Å². The fourth-order valence-corrected chi connectivity index (χ4v) is 9.61. The van der Waals surface area contributed by atoms with Gasteiger partial charge in [-0.3, -0.25) is 0 Å². The molecule has 8 aromatic carbocycles. The number of nitrogens with zero attached hydrogens (tertiary/aromatic N) is 12. The smallest absolute Gasteiger partial charge is 0.335 e. The maximum atomic E-state index is 11.7. The molecule has 4 heterocycles. The number of hydrogen-bond acceptors (Lipinski definition) is 12. The molecule has 0 saturated carbocycles. The van der Waals surface area contributed by atoms with E-state index in [0.29, 0.717) is 45.5 Å². The molecule has 0 aliphatic carbocycles. The molecule has 0 radical (unpaired) electrons. The van der Waals surface area contributed by atoms with Crippen molar-refractivity contribution in [2.45, 2.75) is 0 Å². The number of rotatable bonds is 16. The SMILES string of the molecule is O=C(O)c1ccc(-n2nncc2-c2ccc(C(=C(c3ccc(-c4cnnn4-c4ccc(C(=O)O)cc4)cc3)c3ccc(-c4cnnn4-c4ccc(C(=O)O)cc4)cc3)c3ccc(-c4cnnn4-c4ccc(C(=O)O)cc4)cc3)cc2)cc1. The van der Waals surface area contributed by atoms with Crippen LogP contribution in [0.1, 0.15) is 63.7 Å². The second kappa shape index (κ2) is 21.4. The lowest BCUT2D eigenvalue weighted by Gasteiger charge is -2.20. The van der Waals surface area contributed by atoms with Crippen LogP contribution in [0.15, 0.2) is 219 Å². The van der Waals surface area contributed by atoms with Crippen molar-refractivity contribution in [1.82, 2.24) is 60.0 Å². The summed E-state index contributed by atoms with van der Waals surface area (Å²) in [5, 5.41) is 72.5. The summed E-state index contributed by atoms with van der Waals surface area (Å²) in [6.45, 7) is 0. The van der Waals surface area contributed by atoms with Crippen molar-refractivity contribution in [2.75, 3.05) is 0 Å². The van der Waals surface area contributed by atoms with Crippen molar-refractivity contribution in [3.8, 4) is 67.8 Å². The van der Waals surface area contributed by atoms with E-state index >= 15 is 0 Å². The number of aromatic nitrogens is 12. The molecule has 396 valence electrons. The maximum absolute atomic E-state index is 11.7. The Balaban J connectivity index is 1.01. The van der Waals surface area contributed by atoms with Crippen LogP contribution in [0.2, 0.25) is 0 Å². The first kappa shape index (κ1) is 50.7. The molecule has 0 spiro atoms. The molecule has 20 heteroatoms. The summed E-state index contributed by atoms with van der Waals surface area (Å²) in [5.74, 6) is -4.18. The topological polar surface area (TPSA) is 272 Å². The second-order valence-corrected chi connectivity index (χ2v) is 18.6. The van der Waals surface area contributed by atoms with Gasteiger partial charge in [-0.2, -0.15) is 0 Å². The highest BCUT2D eigenvalue weighted by atomic mass is 16.4. The van der Waals surface area contributed by atoms with Gasteiger partial charge in [-0.15, -0.1) is 20.4 Å². The Kier molecular flexibility index (Phi) is 13.2. The number of benzene rings is 8. The summed E-state index contributed by atoms with van der Waals surface area (Å²) in [7, 11) is 0. The number of carbonyl (C=O) groups is 4. The fourth-order valence-electron chi connectivity index (χ4n) is 9.61. The number of hydrogen-bond donors (Lipinski definition) is 4. The van der Waals surface area contributed by atoms with E-state index in [2.05, 4.69) is 41.2 Å². The van der Waals surface area contributed by atoms with Crippen LogP contribution >= 0.6 is 0 Å². The summed E-state index contributed by atoms with van der Waals surface area (Å²) in [6, 6.07) is 57.4. The predicted molar refractivity (Wildman–Crippen MR) is 300 cm³/mol. The Hall–Kier alpha value is -12.1. The monoisotopic (exact) mass is 1080 g/mol. The molecule has 0 saturated heterocycles. The Morgan fingerprint density at radius 1 is 0.244 bits per heavy atom. The van der Waals surface area contributed by atoms with Crippen LogP contribution in [0.5, 0.6) is 0 Å². The van der Waals surface area contributed by atoms with E-state index in [1.807, 2.05) is 97.1 Å². The summed E-state index contributed by atoms with van der Waals surface area (Å²) in [5.41, 5.74) is 13.8. The van der Waals surface area contributed by atoms with Crippen molar-refractivity contribution in [2.24, 2.45) is 0 Å². The molecule has 4 N–H and O–H groups in total. The Labute approximate surface area is 464 Å². The Morgan fingerprint density at radius 3 is 0.585 bits per heavy atom. The summed E-state index contributed by atoms with van der Waals surface area (Å²) in [4.78, 5) is 46.7. The van der Waals surface area contributed by atoms with Crippen LogP contribution in [0.3, 0.4) is 0 Å². The van der Waals surface area contributed by atoms with Crippen LogP contribution in [-0.4, -0.2) is 104 Å². The van der Waals surface area contributed by atoms with Crippen LogP contribution in [0, 0.1) is 0 Å². The second-order valence-electron chi connectivity index (χ2n) is 18.6. The van der Waals surface area contributed by atoms with E-state index in [0.717, 1.165) is 55.7 Å². The summed E-state index contributed by atoms with van der Waals surface area (Å²) >= 11 is 0. The molecule has 82 heavy (non-hydrogen) atoms. The van der Waals surface area contributed by atoms with Gasteiger partial charge in [-0.1, -0.05) is 118 Å². The highest BCUT2D eigenvalue weighted by Crippen LogP contribution is 2.40. The molecule has 12 aromatic rings. The molecule has 20 nitrogen and oxygen atoms in total. The van der Waals surface area contributed by atoms with Crippen LogP contribution in [0.25, 0.3) is 78.9 Å². The van der Waals surface area contributed by atoms with Crippen molar-refractivity contribution < 1.29 is 39.6 Å². The van der Waals surface area contributed by atoms with Gasteiger partial charge in [0.2, 0.25) is 0 Å². The molecule has 4 aromatic heterocycles. The molecule has 0 aliphatic rings. The van der Waals surface area contributed by atoms with E-state index in [1.165, 1.54) is 48.5 Å². The van der Waals surface area contributed by atoms with Crippen molar-refractivity contribution >= 4 is 35.0 Å². The van der Waals surface area contributed by atoms with E-state index in [-0.39, 0.29) is 22.3 Å². The minimum absolute atomic E-state index is 0.138. The number of aromatic carboxylic acids is 4. The van der Waals surface area contributed by atoms with Gasteiger partial charge in [-0.05, 0) is 130 Å². The van der Waals surface area contributed by atoms with Crippen molar-refractivity contribution in [3.05, 3.63) is 263 Å². The molecule has 0 unspecified atom stereocenters. The minimum atomic E-state index is -1.04. The standard InChI is InChI=1S/C62H40N12O8/c75-59(76)45-17-25-49(26-18-45)71-53(33-63-67-71)37-1-9-41(10-2-37)57(42-11-3-38(4-12-42)54-34-64-68-72(54)50-27-19-46(20-28-50)60(77)78)58(43-13-5-39(6-14-43)55-35-65-69-73(55)51-29-21-47(22-30-51)61(79)80)44-15-7-40(8-16-44)56-36-66-70-74(56)52-31-23-48(24-32-52)62(81)82/h1-36H,(H,75,76)(H,77,78)(H,79,80)(H,81,82). The zero-order chi connectivity index (χ0) is 56.4. The van der Waals surface area contributed by atoms with E-state index in [9.17, 15) is 39.6 Å². The third-order valence-electron chi connectivity index (χ3n) is 13.8. The molecule has 12 rings (SSSR count). The van der Waals surface area contributed by atoms with Crippen LogP contribution in [-0.2, 0) is 0 Å². The molecular formula is C62H40N12O8. The average molecular weight is 1080 g/mol. The van der Waals surface area contributed by atoms with Crippen molar-refractivity contribution in [1.29, 1.82) is 0 Å². The molecule has 0 atom stereocenters. The Morgan fingerprint density at radius 2 is 0.415 bits per heavy atom. The highest BCUT2D eigenvalue weighted by Gasteiger charge is 2.21. The molecule has 0 amide bonds. The highest BCUT2D eigenvalue weighted by molar-refractivity contribution is 6.05. The van der Waals surface area contributed by atoms with E-state index in [4.69, 9.17) is 0 Å². The van der Waals surface area contributed by atoms with E-state index in [1.54, 1.807) is 92.0 Å². The molecule has 0 fully saturated rings. The zero-order valence-corrected chi connectivity index (χ0v) is 42.6. The largest absolute Gasteiger partial charge is 0.478 e. The van der Waals surface area contributed by atoms with Crippen LogP contribution < -0.4 is 0 Å². The third-order valence-corrected chi connectivity index (χ3v) is 13.8. The van der Waals surface area contributed by atoms with Crippen molar-refractivity contribution in [3.63, 3.8) is 0 Å². The third kappa shape index (κ3) is 9.83. The first-order valence-corrected chi connectivity index (χ1v) is 25.1. The first-order valence-electron chi connectivity index (χ1n) is 25.1. The van der Waals surface area contributed by atoms with Gasteiger partial charge in [0.15, 0.2) is 0 Å². The van der Waals surface area contributed by atoms with Gasteiger partial charge in [-0.25, -0.2) is 37.9 Å². The predicted octanol–water partition coefficient (Wildman–Crippen LogP) is 10.5. The lowest BCUT2D eigenvalue weighted by molar-refractivity contribution is 0.0686. The fraction of sp³-hybridized carbons (Fsp3) is 0. The number of carboxylic acid groups (broad SMARTS) is 4. The number of carboxylic acids is 4. The minimum Gasteiger partial charge on any atom is -0.478 e. The first-order chi connectivity index (χ1) is 39.9. The normalized spacial score (nSPS) is 11.1. The van der Waals surface area contributed by atoms with Gasteiger partial charge in [0, 0.05) is 22.3 Å². The molecule has 0 aliphatic heterocycles.